The number of hydrogen-bond acceptors (Lipinski definition) is 4. The molecule has 0 aromatic carbocycles. The normalized spacial score (nSPS) is 24.1. The zero-order valence-electron chi connectivity index (χ0n) is 11.3. The van der Waals surface area contributed by atoms with E-state index in [-0.39, 0.29) is 12.6 Å². The number of aliphatic carboxylic acids is 1. The largest absolute Gasteiger partial charge is 0.480 e. The Morgan fingerprint density at radius 2 is 2.00 bits per heavy atom. The van der Waals surface area contributed by atoms with Crippen LogP contribution >= 0.6 is 0 Å². The van der Waals surface area contributed by atoms with E-state index >= 15 is 0 Å². The van der Waals surface area contributed by atoms with Gasteiger partial charge in [-0.2, -0.15) is 0 Å². The summed E-state index contributed by atoms with van der Waals surface area (Å²) in [6, 6.07) is -0.864. The molecule has 104 valence electrons. The van der Waals surface area contributed by atoms with Crippen molar-refractivity contribution in [1.29, 1.82) is 0 Å². The average Bonchev–Trinajstić information content (AvgIpc) is 2.59. The van der Waals surface area contributed by atoms with E-state index in [1.807, 2.05) is 6.92 Å². The van der Waals surface area contributed by atoms with Crippen molar-refractivity contribution in [3.8, 4) is 0 Å². The summed E-state index contributed by atoms with van der Waals surface area (Å²) in [5, 5.41) is 9.11. The Morgan fingerprint density at radius 1 is 1.39 bits per heavy atom. The quantitative estimate of drug-likeness (QED) is 0.831. The van der Waals surface area contributed by atoms with E-state index in [4.69, 9.17) is 14.6 Å². The van der Waals surface area contributed by atoms with Gasteiger partial charge in [-0.1, -0.05) is 0 Å². The fourth-order valence-corrected chi connectivity index (χ4v) is 1.91. The first kappa shape index (κ1) is 14.8. The van der Waals surface area contributed by atoms with Gasteiger partial charge in [0, 0.05) is 13.0 Å². The molecule has 6 heteroatoms. The maximum Gasteiger partial charge on any atom is 0.411 e. The van der Waals surface area contributed by atoms with Gasteiger partial charge in [-0.05, 0) is 27.7 Å². The third-order valence-electron chi connectivity index (χ3n) is 2.58. The number of carbonyl (C=O) groups is 2. The SMILES string of the molecule is CCOC1C[C@@H](C(=O)O)N(C(=O)OC(C)(C)C)C1. The molecule has 1 unspecified atom stereocenters. The van der Waals surface area contributed by atoms with Crippen LogP contribution in [0.3, 0.4) is 0 Å². The van der Waals surface area contributed by atoms with Gasteiger partial charge in [0.2, 0.25) is 0 Å². The molecule has 1 saturated heterocycles. The summed E-state index contributed by atoms with van der Waals surface area (Å²) >= 11 is 0. The van der Waals surface area contributed by atoms with Crippen LogP contribution in [0, 0.1) is 0 Å². The van der Waals surface area contributed by atoms with Crippen LogP contribution in [0.2, 0.25) is 0 Å². The number of ether oxygens (including phenoxy) is 2. The molecule has 0 radical (unpaired) electrons. The first-order chi connectivity index (χ1) is 8.24. The van der Waals surface area contributed by atoms with E-state index in [1.54, 1.807) is 20.8 Å². The van der Waals surface area contributed by atoms with Crippen molar-refractivity contribution in [3.63, 3.8) is 0 Å². The van der Waals surface area contributed by atoms with E-state index in [0.717, 1.165) is 0 Å². The summed E-state index contributed by atoms with van der Waals surface area (Å²) in [5.74, 6) is -1.02. The standard InChI is InChI=1S/C12H21NO5/c1-5-17-8-6-9(10(14)15)13(7-8)11(16)18-12(2,3)4/h8-9H,5-7H2,1-4H3,(H,14,15)/t8?,9-/m0/s1. The van der Waals surface area contributed by atoms with Crippen molar-refractivity contribution < 1.29 is 24.2 Å². The molecule has 2 atom stereocenters. The van der Waals surface area contributed by atoms with Crippen LogP contribution < -0.4 is 0 Å². The molecule has 0 aromatic heterocycles. The fraction of sp³-hybridized carbons (Fsp3) is 0.833. The first-order valence-electron chi connectivity index (χ1n) is 6.08. The number of rotatable bonds is 3. The van der Waals surface area contributed by atoms with Crippen molar-refractivity contribution in [1.82, 2.24) is 4.90 Å². The summed E-state index contributed by atoms with van der Waals surface area (Å²) < 4.78 is 10.6. The monoisotopic (exact) mass is 259 g/mol. The molecule has 6 nitrogen and oxygen atoms in total. The van der Waals surface area contributed by atoms with Crippen LogP contribution in [-0.2, 0) is 14.3 Å². The summed E-state index contributed by atoms with van der Waals surface area (Å²) in [7, 11) is 0. The van der Waals surface area contributed by atoms with Crippen molar-refractivity contribution in [2.75, 3.05) is 13.2 Å². The van der Waals surface area contributed by atoms with Gasteiger partial charge in [-0.25, -0.2) is 9.59 Å². The lowest BCUT2D eigenvalue weighted by molar-refractivity contribution is -0.142. The molecule has 0 aliphatic carbocycles. The highest BCUT2D eigenvalue weighted by Gasteiger charge is 2.41. The highest BCUT2D eigenvalue weighted by molar-refractivity contribution is 5.81. The van der Waals surface area contributed by atoms with E-state index in [1.165, 1.54) is 4.90 Å². The van der Waals surface area contributed by atoms with Crippen molar-refractivity contribution in [2.24, 2.45) is 0 Å². The molecule has 0 aromatic rings. The summed E-state index contributed by atoms with van der Waals surface area (Å²) in [6.45, 7) is 7.84. The Balaban J connectivity index is 2.72. The van der Waals surface area contributed by atoms with Gasteiger partial charge in [0.05, 0.1) is 12.6 Å². The summed E-state index contributed by atoms with van der Waals surface area (Å²) in [4.78, 5) is 24.3. The van der Waals surface area contributed by atoms with E-state index in [0.29, 0.717) is 13.0 Å². The first-order valence-corrected chi connectivity index (χ1v) is 6.08. The number of carboxylic acids is 1. The molecule has 0 spiro atoms. The van der Waals surface area contributed by atoms with Gasteiger partial charge < -0.3 is 14.6 Å². The van der Waals surface area contributed by atoms with Gasteiger partial charge in [-0.3, -0.25) is 4.90 Å². The highest BCUT2D eigenvalue weighted by atomic mass is 16.6. The third kappa shape index (κ3) is 3.87. The van der Waals surface area contributed by atoms with Gasteiger partial charge >= 0.3 is 12.1 Å². The molecule has 1 N–H and O–H groups in total. The van der Waals surface area contributed by atoms with Gasteiger partial charge in [0.25, 0.3) is 0 Å². The lowest BCUT2D eigenvalue weighted by Gasteiger charge is -2.26. The lowest BCUT2D eigenvalue weighted by Crippen LogP contribution is -2.43. The van der Waals surface area contributed by atoms with Gasteiger partial charge in [-0.15, -0.1) is 0 Å². The Hall–Kier alpha value is -1.30. The average molecular weight is 259 g/mol. The number of likely N-dealkylation sites (tertiary alicyclic amines) is 1. The molecule has 1 heterocycles. The number of hydrogen-bond donors (Lipinski definition) is 1. The number of carbonyl (C=O) groups excluding carboxylic acids is 1. The number of nitrogens with zero attached hydrogens (tertiary/aromatic N) is 1. The maximum absolute atomic E-state index is 11.9. The Kier molecular flexibility index (Phi) is 4.56. The van der Waals surface area contributed by atoms with Crippen LogP contribution in [0.15, 0.2) is 0 Å². The maximum atomic E-state index is 11.9. The van der Waals surface area contributed by atoms with Crippen LogP contribution in [-0.4, -0.2) is 53.0 Å². The van der Waals surface area contributed by atoms with E-state index in [2.05, 4.69) is 0 Å². The smallest absolute Gasteiger partial charge is 0.411 e. The Bertz CT molecular complexity index is 323. The van der Waals surface area contributed by atoms with E-state index < -0.39 is 23.7 Å². The van der Waals surface area contributed by atoms with Crippen molar-refractivity contribution >= 4 is 12.1 Å². The highest BCUT2D eigenvalue weighted by Crippen LogP contribution is 2.23. The molecule has 1 amide bonds. The number of carboxylic acid groups (broad SMARTS) is 1. The molecule has 1 aliphatic rings. The van der Waals surface area contributed by atoms with Crippen molar-refractivity contribution in [3.05, 3.63) is 0 Å². The third-order valence-corrected chi connectivity index (χ3v) is 2.58. The summed E-state index contributed by atoms with van der Waals surface area (Å²) in [5.41, 5.74) is -0.635. The second-order valence-corrected chi connectivity index (χ2v) is 5.30. The molecule has 18 heavy (non-hydrogen) atoms. The fourth-order valence-electron chi connectivity index (χ4n) is 1.91. The van der Waals surface area contributed by atoms with Crippen LogP contribution in [0.4, 0.5) is 4.79 Å². The molecule has 1 fully saturated rings. The molecule has 0 saturated carbocycles. The zero-order chi connectivity index (χ0) is 13.9. The minimum absolute atomic E-state index is 0.233. The van der Waals surface area contributed by atoms with Crippen LogP contribution in [0.5, 0.6) is 0 Å². The topological polar surface area (TPSA) is 76.1 Å². The van der Waals surface area contributed by atoms with Gasteiger partial charge in [0.15, 0.2) is 0 Å². The Morgan fingerprint density at radius 3 is 2.44 bits per heavy atom. The van der Waals surface area contributed by atoms with Crippen molar-refractivity contribution in [2.45, 2.75) is 51.9 Å². The molecular weight excluding hydrogens is 238 g/mol. The molecule has 1 rings (SSSR count). The minimum atomic E-state index is -1.02. The van der Waals surface area contributed by atoms with Crippen LogP contribution in [0.25, 0.3) is 0 Å². The molecule has 0 bridgehead atoms. The van der Waals surface area contributed by atoms with E-state index in [9.17, 15) is 9.59 Å². The minimum Gasteiger partial charge on any atom is -0.480 e. The Labute approximate surface area is 107 Å². The molecular formula is C12H21NO5. The predicted octanol–water partition coefficient (Wildman–Crippen LogP) is 1.49. The summed E-state index contributed by atoms with van der Waals surface area (Å²) in [6.07, 6.45) is -0.525. The van der Waals surface area contributed by atoms with Gasteiger partial charge in [0.1, 0.15) is 11.6 Å². The van der Waals surface area contributed by atoms with Crippen LogP contribution in [0.1, 0.15) is 34.1 Å². The zero-order valence-corrected chi connectivity index (χ0v) is 11.3. The second kappa shape index (κ2) is 5.56. The second-order valence-electron chi connectivity index (χ2n) is 5.30. The lowest BCUT2D eigenvalue weighted by atomic mass is 10.2. The molecule has 1 aliphatic heterocycles. The number of amides is 1. The predicted molar refractivity (Wildman–Crippen MR) is 64.4 cm³/mol.